The number of carbonyl (C=O) groups is 2. The molecule has 1 amide bonds. The quantitative estimate of drug-likeness (QED) is 0.927. The number of ether oxygens (including phenoxy) is 1. The Hall–Kier alpha value is -1.88. The first kappa shape index (κ1) is 16.5. The highest BCUT2D eigenvalue weighted by molar-refractivity contribution is 5.88. The molecule has 2 atom stereocenters. The number of benzene rings is 1. The summed E-state index contributed by atoms with van der Waals surface area (Å²) in [5.74, 6) is -1.10. The van der Waals surface area contributed by atoms with Crippen molar-refractivity contribution in [1.82, 2.24) is 4.90 Å². The molecule has 1 aromatic carbocycles. The maximum Gasteiger partial charge on any atom is 0.334 e. The van der Waals surface area contributed by atoms with Crippen molar-refractivity contribution in [2.24, 2.45) is 0 Å². The lowest BCUT2D eigenvalue weighted by molar-refractivity contribution is -0.168. The van der Waals surface area contributed by atoms with Crippen molar-refractivity contribution in [3.8, 4) is 0 Å². The van der Waals surface area contributed by atoms with Gasteiger partial charge in [0.2, 0.25) is 5.91 Å². The number of aryl methyl sites for hydroxylation is 1. The minimum absolute atomic E-state index is 0.0665. The van der Waals surface area contributed by atoms with Gasteiger partial charge in [-0.3, -0.25) is 4.79 Å². The third-order valence-corrected chi connectivity index (χ3v) is 4.18. The monoisotopic (exact) mass is 305 g/mol. The van der Waals surface area contributed by atoms with Crippen LogP contribution >= 0.6 is 0 Å². The molecule has 22 heavy (non-hydrogen) atoms. The summed E-state index contributed by atoms with van der Waals surface area (Å²) < 4.78 is 5.38. The average Bonchev–Trinajstić information content (AvgIpc) is 2.46. The van der Waals surface area contributed by atoms with E-state index in [0.717, 1.165) is 11.1 Å². The summed E-state index contributed by atoms with van der Waals surface area (Å²) in [6.45, 7) is 8.04. The number of carboxylic acids is 1. The molecule has 1 N–H and O–H groups in total. The van der Waals surface area contributed by atoms with Crippen LogP contribution < -0.4 is 0 Å². The van der Waals surface area contributed by atoms with Gasteiger partial charge in [0.1, 0.15) is 0 Å². The third kappa shape index (κ3) is 3.14. The molecule has 0 saturated carbocycles. The van der Waals surface area contributed by atoms with Crippen LogP contribution in [-0.2, 0) is 19.7 Å². The molecule has 1 aromatic rings. The Kier molecular flexibility index (Phi) is 4.56. The maximum absolute atomic E-state index is 13.0. The zero-order valence-electron chi connectivity index (χ0n) is 13.5. The lowest BCUT2D eigenvalue weighted by Gasteiger charge is -2.39. The molecule has 0 aromatic heterocycles. The first-order chi connectivity index (χ1) is 10.2. The van der Waals surface area contributed by atoms with Crippen LogP contribution in [0.2, 0.25) is 0 Å². The smallest absolute Gasteiger partial charge is 0.334 e. The Labute approximate surface area is 130 Å². The molecular weight excluding hydrogens is 282 g/mol. The van der Waals surface area contributed by atoms with Crippen LogP contribution in [-0.4, -0.2) is 47.2 Å². The van der Waals surface area contributed by atoms with E-state index in [1.165, 1.54) is 0 Å². The van der Waals surface area contributed by atoms with E-state index >= 15 is 0 Å². The van der Waals surface area contributed by atoms with E-state index in [-0.39, 0.29) is 18.6 Å². The van der Waals surface area contributed by atoms with E-state index in [9.17, 15) is 9.59 Å². The summed E-state index contributed by atoms with van der Waals surface area (Å²) in [5.41, 5.74) is 1.31. The van der Waals surface area contributed by atoms with Crippen molar-refractivity contribution < 1.29 is 19.4 Å². The molecule has 1 aliphatic heterocycles. The van der Waals surface area contributed by atoms with Gasteiger partial charge < -0.3 is 14.7 Å². The minimum atomic E-state index is -1.03. The Balaban J connectivity index is 2.26. The van der Waals surface area contributed by atoms with Crippen LogP contribution in [0, 0.1) is 6.92 Å². The van der Waals surface area contributed by atoms with Gasteiger partial charge in [-0.2, -0.15) is 0 Å². The van der Waals surface area contributed by atoms with Crippen molar-refractivity contribution in [1.29, 1.82) is 0 Å². The van der Waals surface area contributed by atoms with Gasteiger partial charge in [0.05, 0.1) is 18.1 Å². The molecule has 1 heterocycles. The van der Waals surface area contributed by atoms with Crippen LogP contribution in [0.3, 0.4) is 0 Å². The van der Waals surface area contributed by atoms with E-state index < -0.39 is 17.5 Å². The Morgan fingerprint density at radius 3 is 2.50 bits per heavy atom. The number of nitrogens with zero attached hydrogens (tertiary/aromatic N) is 1. The predicted octanol–water partition coefficient (Wildman–Crippen LogP) is 1.97. The number of morpholine rings is 1. The standard InChI is InChI=1S/C17H23NO4/c1-11-7-5-6-8-13(11)17(3,4)16(21)18-9-12(2)22-14(10-18)15(19)20/h5-8,12,14H,9-10H2,1-4H3,(H,19,20)/t12-,14?/m1/s1. The lowest BCUT2D eigenvalue weighted by Crippen LogP contribution is -2.55. The molecule has 1 saturated heterocycles. The highest BCUT2D eigenvalue weighted by Crippen LogP contribution is 2.29. The largest absolute Gasteiger partial charge is 0.479 e. The van der Waals surface area contributed by atoms with Crippen molar-refractivity contribution in [2.45, 2.75) is 45.3 Å². The van der Waals surface area contributed by atoms with Gasteiger partial charge in [-0.15, -0.1) is 0 Å². The van der Waals surface area contributed by atoms with E-state index in [1.807, 2.05) is 45.0 Å². The van der Waals surface area contributed by atoms with Crippen LogP contribution in [0.25, 0.3) is 0 Å². The second kappa shape index (κ2) is 6.08. The fraction of sp³-hybridized carbons (Fsp3) is 0.529. The molecule has 2 rings (SSSR count). The second-order valence-electron chi connectivity index (χ2n) is 6.42. The molecule has 0 spiro atoms. The number of rotatable bonds is 3. The summed E-state index contributed by atoms with van der Waals surface area (Å²) in [6, 6.07) is 7.79. The molecule has 1 aliphatic rings. The number of carbonyl (C=O) groups excluding carboxylic acids is 1. The fourth-order valence-electron chi connectivity index (χ4n) is 3.04. The van der Waals surface area contributed by atoms with Gasteiger partial charge in [0.25, 0.3) is 0 Å². The lowest BCUT2D eigenvalue weighted by atomic mass is 9.80. The van der Waals surface area contributed by atoms with Crippen LogP contribution in [0.15, 0.2) is 24.3 Å². The van der Waals surface area contributed by atoms with Crippen LogP contribution in [0.5, 0.6) is 0 Å². The molecule has 0 radical (unpaired) electrons. The molecule has 5 heteroatoms. The second-order valence-corrected chi connectivity index (χ2v) is 6.42. The SMILES string of the molecule is Cc1ccccc1C(C)(C)C(=O)N1CC(C(=O)O)O[C@H](C)C1. The highest BCUT2D eigenvalue weighted by atomic mass is 16.5. The number of carboxylic acid groups (broad SMARTS) is 1. The first-order valence-electron chi connectivity index (χ1n) is 7.47. The number of hydrogen-bond donors (Lipinski definition) is 1. The molecule has 0 aliphatic carbocycles. The molecule has 1 fully saturated rings. The Bertz CT molecular complexity index is 582. The number of amides is 1. The summed E-state index contributed by atoms with van der Waals surface area (Å²) >= 11 is 0. The van der Waals surface area contributed by atoms with Gasteiger partial charge in [-0.25, -0.2) is 4.79 Å². The van der Waals surface area contributed by atoms with Gasteiger partial charge in [-0.05, 0) is 38.8 Å². The molecule has 1 unspecified atom stereocenters. The first-order valence-corrected chi connectivity index (χ1v) is 7.47. The number of hydrogen-bond acceptors (Lipinski definition) is 3. The van der Waals surface area contributed by atoms with Crippen molar-refractivity contribution in [3.05, 3.63) is 35.4 Å². The molecule has 5 nitrogen and oxygen atoms in total. The fourth-order valence-corrected chi connectivity index (χ4v) is 3.04. The zero-order valence-corrected chi connectivity index (χ0v) is 13.5. The van der Waals surface area contributed by atoms with Crippen molar-refractivity contribution in [3.63, 3.8) is 0 Å². The third-order valence-electron chi connectivity index (χ3n) is 4.18. The topological polar surface area (TPSA) is 66.8 Å². The highest BCUT2D eigenvalue weighted by Gasteiger charge is 2.39. The zero-order chi connectivity index (χ0) is 16.5. The van der Waals surface area contributed by atoms with Crippen molar-refractivity contribution in [2.75, 3.05) is 13.1 Å². The molecular formula is C17H23NO4. The molecule has 120 valence electrons. The van der Waals surface area contributed by atoms with E-state index in [2.05, 4.69) is 0 Å². The maximum atomic E-state index is 13.0. The number of aliphatic carboxylic acids is 1. The Morgan fingerprint density at radius 1 is 1.27 bits per heavy atom. The predicted molar refractivity (Wildman–Crippen MR) is 82.8 cm³/mol. The van der Waals surface area contributed by atoms with Crippen LogP contribution in [0.1, 0.15) is 31.9 Å². The van der Waals surface area contributed by atoms with Gasteiger partial charge in [-0.1, -0.05) is 24.3 Å². The summed E-state index contributed by atoms with van der Waals surface area (Å²) in [5, 5.41) is 9.16. The van der Waals surface area contributed by atoms with Gasteiger partial charge >= 0.3 is 5.97 Å². The van der Waals surface area contributed by atoms with E-state index in [0.29, 0.717) is 6.54 Å². The van der Waals surface area contributed by atoms with Crippen LogP contribution in [0.4, 0.5) is 0 Å². The molecule has 0 bridgehead atoms. The summed E-state index contributed by atoms with van der Waals surface area (Å²) in [6.07, 6.45) is -1.24. The normalized spacial score (nSPS) is 22.5. The average molecular weight is 305 g/mol. The minimum Gasteiger partial charge on any atom is -0.479 e. The van der Waals surface area contributed by atoms with Crippen molar-refractivity contribution >= 4 is 11.9 Å². The summed E-state index contributed by atoms with van der Waals surface area (Å²) in [4.78, 5) is 25.8. The van der Waals surface area contributed by atoms with E-state index in [1.54, 1.807) is 11.8 Å². The van der Waals surface area contributed by atoms with Gasteiger partial charge in [0.15, 0.2) is 6.10 Å². The Morgan fingerprint density at radius 2 is 1.91 bits per heavy atom. The van der Waals surface area contributed by atoms with E-state index in [4.69, 9.17) is 9.84 Å². The summed E-state index contributed by atoms with van der Waals surface area (Å²) in [7, 11) is 0. The van der Waals surface area contributed by atoms with Gasteiger partial charge in [0, 0.05) is 6.54 Å².